The average Bonchev–Trinajstić information content (AvgIpc) is 2.95. The van der Waals surface area contributed by atoms with Gasteiger partial charge in [0.25, 0.3) is 0 Å². The second-order valence-corrected chi connectivity index (χ2v) is 8.62. The van der Waals surface area contributed by atoms with Gasteiger partial charge in [0.15, 0.2) is 12.4 Å². The van der Waals surface area contributed by atoms with Crippen LogP contribution in [0.25, 0.3) is 0 Å². The van der Waals surface area contributed by atoms with E-state index in [1.165, 1.54) is 7.11 Å². The smallest absolute Gasteiger partial charge is 0.337 e. The number of rotatable bonds is 11. The average molecular weight is 509 g/mol. The van der Waals surface area contributed by atoms with Crippen molar-refractivity contribution in [3.05, 3.63) is 102 Å². The van der Waals surface area contributed by atoms with Crippen molar-refractivity contribution >= 4 is 5.97 Å². The van der Waals surface area contributed by atoms with Crippen LogP contribution in [0.4, 0.5) is 0 Å². The summed E-state index contributed by atoms with van der Waals surface area (Å²) in [4.78, 5) is 12.7. The van der Waals surface area contributed by atoms with Crippen LogP contribution < -0.4 is 4.74 Å². The van der Waals surface area contributed by atoms with Crippen LogP contribution in [0, 0.1) is 0 Å². The van der Waals surface area contributed by atoms with E-state index < -0.39 is 36.7 Å². The van der Waals surface area contributed by atoms with E-state index >= 15 is 0 Å². The molecule has 1 heterocycles. The largest absolute Gasteiger partial charge is 0.497 e. The summed E-state index contributed by atoms with van der Waals surface area (Å²) in [5, 5.41) is 10.9. The highest BCUT2D eigenvalue weighted by Crippen LogP contribution is 2.30. The first-order valence-corrected chi connectivity index (χ1v) is 12.1. The maximum absolute atomic E-state index is 12.7. The van der Waals surface area contributed by atoms with Crippen LogP contribution in [0.1, 0.15) is 16.7 Å². The zero-order valence-corrected chi connectivity index (χ0v) is 20.9. The Morgan fingerprint density at radius 3 is 1.70 bits per heavy atom. The minimum absolute atomic E-state index is 0.175. The van der Waals surface area contributed by atoms with Crippen molar-refractivity contribution in [2.75, 3.05) is 14.2 Å². The number of aliphatic hydroxyl groups excluding tert-OH is 1. The molecular weight excluding hydrogens is 476 g/mol. The minimum atomic E-state index is -1.44. The molecule has 0 radical (unpaired) electrons. The fourth-order valence-corrected chi connectivity index (χ4v) is 4.13. The van der Waals surface area contributed by atoms with Gasteiger partial charge in [-0.2, -0.15) is 0 Å². The molecule has 4 rings (SSSR count). The summed E-state index contributed by atoms with van der Waals surface area (Å²) in [6.45, 7) is 0.600. The Kier molecular flexibility index (Phi) is 9.65. The van der Waals surface area contributed by atoms with Gasteiger partial charge in [0, 0.05) is 0 Å². The van der Waals surface area contributed by atoms with Crippen LogP contribution in [-0.2, 0) is 48.3 Å². The lowest BCUT2D eigenvalue weighted by molar-refractivity contribution is -0.308. The van der Waals surface area contributed by atoms with E-state index in [0.29, 0.717) is 0 Å². The van der Waals surface area contributed by atoms with Gasteiger partial charge < -0.3 is 33.5 Å². The van der Waals surface area contributed by atoms with Crippen LogP contribution in [0.2, 0.25) is 0 Å². The quantitative estimate of drug-likeness (QED) is 0.393. The summed E-state index contributed by atoms with van der Waals surface area (Å²) in [7, 11) is 2.86. The molecule has 3 aromatic rings. The summed E-state index contributed by atoms with van der Waals surface area (Å²) >= 11 is 0. The van der Waals surface area contributed by atoms with Crippen LogP contribution in [0.15, 0.2) is 84.9 Å². The molecule has 8 heteroatoms. The summed E-state index contributed by atoms with van der Waals surface area (Å²) in [5.41, 5.74) is 2.70. The van der Waals surface area contributed by atoms with Crippen LogP contribution in [0.3, 0.4) is 0 Å². The van der Waals surface area contributed by atoms with Crippen molar-refractivity contribution in [2.24, 2.45) is 0 Å². The van der Waals surface area contributed by atoms with Gasteiger partial charge in [0.05, 0.1) is 34.0 Å². The number of benzene rings is 3. The third-order valence-corrected chi connectivity index (χ3v) is 6.12. The first-order chi connectivity index (χ1) is 18.1. The number of esters is 1. The Morgan fingerprint density at radius 2 is 1.19 bits per heavy atom. The second kappa shape index (κ2) is 13.3. The van der Waals surface area contributed by atoms with E-state index in [4.69, 9.17) is 28.4 Å². The Labute approximate surface area is 216 Å². The number of carbonyl (C=O) groups is 1. The molecule has 0 aliphatic carbocycles. The highest BCUT2D eigenvalue weighted by Gasteiger charge is 2.51. The maximum atomic E-state index is 12.7. The molecule has 0 bridgehead atoms. The summed E-state index contributed by atoms with van der Waals surface area (Å²) in [6, 6.07) is 26.6. The molecule has 5 atom stereocenters. The fraction of sp³-hybridized carbons (Fsp3) is 0.345. The van der Waals surface area contributed by atoms with Gasteiger partial charge in [0.1, 0.15) is 24.1 Å². The second-order valence-electron chi connectivity index (χ2n) is 8.62. The highest BCUT2D eigenvalue weighted by molar-refractivity contribution is 5.75. The van der Waals surface area contributed by atoms with E-state index in [2.05, 4.69) is 0 Å². The molecule has 0 amide bonds. The molecule has 0 saturated carbocycles. The van der Waals surface area contributed by atoms with Crippen molar-refractivity contribution < 1.29 is 38.3 Å². The third kappa shape index (κ3) is 7.15. The Morgan fingerprint density at radius 1 is 0.703 bits per heavy atom. The van der Waals surface area contributed by atoms with Gasteiger partial charge in [-0.25, -0.2) is 4.79 Å². The Balaban J connectivity index is 1.58. The highest BCUT2D eigenvalue weighted by atomic mass is 16.7. The molecule has 8 nitrogen and oxygen atoms in total. The van der Waals surface area contributed by atoms with Crippen molar-refractivity contribution in [1.29, 1.82) is 0 Å². The van der Waals surface area contributed by atoms with Gasteiger partial charge in [-0.05, 0) is 28.8 Å². The van der Waals surface area contributed by atoms with Gasteiger partial charge in [0.2, 0.25) is 0 Å². The van der Waals surface area contributed by atoms with Gasteiger partial charge in [-0.3, -0.25) is 0 Å². The number of methoxy groups -OCH3 is 2. The first kappa shape index (κ1) is 26.8. The van der Waals surface area contributed by atoms with Crippen molar-refractivity contribution in [3.63, 3.8) is 0 Å². The monoisotopic (exact) mass is 508 g/mol. The topological polar surface area (TPSA) is 92.7 Å². The summed E-state index contributed by atoms with van der Waals surface area (Å²) < 4.78 is 34.5. The predicted octanol–water partition coefficient (Wildman–Crippen LogP) is 3.64. The van der Waals surface area contributed by atoms with Crippen molar-refractivity contribution in [2.45, 2.75) is 50.5 Å². The van der Waals surface area contributed by atoms with Gasteiger partial charge >= 0.3 is 5.97 Å². The lowest BCUT2D eigenvalue weighted by Gasteiger charge is -2.43. The molecule has 0 unspecified atom stereocenters. The molecule has 196 valence electrons. The third-order valence-electron chi connectivity index (χ3n) is 6.12. The molecule has 1 aliphatic rings. The number of hydrogen-bond acceptors (Lipinski definition) is 8. The van der Waals surface area contributed by atoms with Gasteiger partial charge in [-0.15, -0.1) is 0 Å². The Bertz CT molecular complexity index is 1090. The van der Waals surface area contributed by atoms with E-state index in [-0.39, 0.29) is 19.8 Å². The standard InChI is InChI=1S/C29H32O8/c1-32-23-15-13-22(14-16-23)19-36-26-24(34-17-20-9-5-3-6-10-20)25(27(28(30)33-2)37-29(26)31)35-18-21-11-7-4-8-12-21/h3-16,24-27,29,31H,17-19H2,1-2H3/t24-,25-,26-,27-,29-/m0/s1. The lowest BCUT2D eigenvalue weighted by atomic mass is 9.97. The molecule has 1 fully saturated rings. The van der Waals surface area contributed by atoms with Gasteiger partial charge in [-0.1, -0.05) is 72.8 Å². The number of ether oxygens (including phenoxy) is 6. The maximum Gasteiger partial charge on any atom is 0.337 e. The predicted molar refractivity (Wildman–Crippen MR) is 135 cm³/mol. The first-order valence-electron chi connectivity index (χ1n) is 12.1. The lowest BCUT2D eigenvalue weighted by Crippen LogP contribution is -2.62. The van der Waals surface area contributed by atoms with Crippen molar-refractivity contribution in [1.82, 2.24) is 0 Å². The van der Waals surface area contributed by atoms with Crippen LogP contribution in [-0.4, -0.2) is 56.0 Å². The molecule has 3 aromatic carbocycles. The molecule has 0 aromatic heterocycles. The molecular formula is C29H32O8. The summed E-state index contributed by atoms with van der Waals surface area (Å²) in [5.74, 6) is 0.0585. The fourth-order valence-electron chi connectivity index (χ4n) is 4.13. The van der Waals surface area contributed by atoms with E-state index in [1.54, 1.807) is 7.11 Å². The van der Waals surface area contributed by atoms with E-state index in [0.717, 1.165) is 22.4 Å². The van der Waals surface area contributed by atoms with Crippen molar-refractivity contribution in [3.8, 4) is 5.75 Å². The molecule has 1 aliphatic heterocycles. The number of aliphatic hydroxyl groups is 1. The molecule has 37 heavy (non-hydrogen) atoms. The SMILES string of the molecule is COC(=O)[C@H]1O[C@H](O)[C@@H](OCc2ccc(OC)cc2)[C@@H](OCc2ccccc2)[C@@H]1OCc1ccccc1. The summed E-state index contributed by atoms with van der Waals surface area (Å²) in [6.07, 6.45) is -5.33. The zero-order valence-electron chi connectivity index (χ0n) is 20.9. The van der Waals surface area contributed by atoms with E-state index in [1.807, 2.05) is 84.9 Å². The number of carbonyl (C=O) groups excluding carboxylic acids is 1. The molecule has 0 spiro atoms. The molecule has 1 saturated heterocycles. The minimum Gasteiger partial charge on any atom is -0.497 e. The van der Waals surface area contributed by atoms with Crippen LogP contribution in [0.5, 0.6) is 5.75 Å². The molecule has 1 N–H and O–H groups in total. The van der Waals surface area contributed by atoms with E-state index in [9.17, 15) is 9.90 Å². The number of hydrogen-bond donors (Lipinski definition) is 1. The Hall–Kier alpha value is -3.27. The zero-order chi connectivity index (χ0) is 26.0. The normalized spacial score (nSPS) is 23.4. The van der Waals surface area contributed by atoms with Crippen LogP contribution >= 0.6 is 0 Å².